The average molecular weight is 366 g/mol. The molecule has 0 radical (unpaired) electrons. The predicted molar refractivity (Wildman–Crippen MR) is 91.4 cm³/mol. The first kappa shape index (κ1) is 16.0. The van der Waals surface area contributed by atoms with Gasteiger partial charge in [-0.1, -0.05) is 35.0 Å². The lowest BCUT2D eigenvalue weighted by atomic mass is 9.91. The zero-order valence-corrected chi connectivity index (χ0v) is 14.8. The fraction of sp³-hybridized carbons (Fsp3) is 0.588. The van der Waals surface area contributed by atoms with Gasteiger partial charge < -0.3 is 11.1 Å². The van der Waals surface area contributed by atoms with E-state index in [1.54, 1.807) is 6.92 Å². The van der Waals surface area contributed by atoms with Gasteiger partial charge in [0, 0.05) is 29.6 Å². The maximum Gasteiger partial charge on any atom is 0.244 e. The summed E-state index contributed by atoms with van der Waals surface area (Å²) in [6.45, 7) is 6.02. The van der Waals surface area contributed by atoms with Gasteiger partial charge in [0.15, 0.2) is 0 Å². The molecular formula is C17H24BrN3O. The summed E-state index contributed by atoms with van der Waals surface area (Å²) in [5, 5.41) is 3.18. The second kappa shape index (κ2) is 5.95. The lowest BCUT2D eigenvalue weighted by Crippen LogP contribution is -2.53. The highest BCUT2D eigenvalue weighted by Crippen LogP contribution is 2.32. The minimum absolute atomic E-state index is 0.0932. The highest BCUT2D eigenvalue weighted by molar-refractivity contribution is 9.10. The molecule has 0 aromatic heterocycles. The Morgan fingerprint density at radius 2 is 1.95 bits per heavy atom. The number of hydrogen-bond acceptors (Lipinski definition) is 3. The van der Waals surface area contributed by atoms with Crippen LogP contribution in [0.1, 0.15) is 32.3 Å². The fourth-order valence-electron chi connectivity index (χ4n) is 3.18. The van der Waals surface area contributed by atoms with Gasteiger partial charge >= 0.3 is 0 Å². The molecule has 1 amide bonds. The first-order valence-electron chi connectivity index (χ1n) is 7.98. The number of halogens is 1. The van der Waals surface area contributed by atoms with Gasteiger partial charge in [0.2, 0.25) is 5.91 Å². The Labute approximate surface area is 140 Å². The predicted octanol–water partition coefficient (Wildman–Crippen LogP) is 2.22. The van der Waals surface area contributed by atoms with Crippen LogP contribution < -0.4 is 11.1 Å². The molecule has 1 aliphatic carbocycles. The molecule has 3 rings (SSSR count). The summed E-state index contributed by atoms with van der Waals surface area (Å²) < 4.78 is 0.983. The van der Waals surface area contributed by atoms with Crippen LogP contribution in [-0.4, -0.2) is 36.0 Å². The van der Waals surface area contributed by atoms with Gasteiger partial charge in [0.05, 0.1) is 0 Å². The Hall–Kier alpha value is -0.910. The molecular weight excluding hydrogens is 342 g/mol. The van der Waals surface area contributed by atoms with E-state index >= 15 is 0 Å². The summed E-state index contributed by atoms with van der Waals surface area (Å²) in [5.41, 5.74) is 6.15. The van der Waals surface area contributed by atoms with Crippen molar-refractivity contribution < 1.29 is 4.79 Å². The van der Waals surface area contributed by atoms with Gasteiger partial charge in [-0.3, -0.25) is 9.69 Å². The minimum atomic E-state index is -1.01. The van der Waals surface area contributed by atoms with E-state index in [0.717, 1.165) is 29.2 Å². The average Bonchev–Trinajstić information content (AvgIpc) is 3.25. The highest BCUT2D eigenvalue weighted by Gasteiger charge is 2.40. The molecule has 120 valence electrons. The monoisotopic (exact) mass is 365 g/mol. The molecule has 0 spiro atoms. The number of carbonyl (C=O) groups is 1. The molecule has 1 heterocycles. The van der Waals surface area contributed by atoms with E-state index in [1.807, 2.05) is 24.3 Å². The van der Waals surface area contributed by atoms with Crippen LogP contribution in [0.4, 0.5) is 0 Å². The van der Waals surface area contributed by atoms with Crippen molar-refractivity contribution in [3.05, 3.63) is 34.3 Å². The Morgan fingerprint density at radius 1 is 1.32 bits per heavy atom. The maximum atomic E-state index is 12.7. The van der Waals surface area contributed by atoms with Gasteiger partial charge in [0.25, 0.3) is 0 Å². The van der Waals surface area contributed by atoms with Crippen LogP contribution in [0.5, 0.6) is 0 Å². The van der Waals surface area contributed by atoms with Crippen LogP contribution in [0.3, 0.4) is 0 Å². The topological polar surface area (TPSA) is 58.4 Å². The number of nitrogens with one attached hydrogen (secondary N) is 1. The third-order valence-electron chi connectivity index (χ3n) is 4.94. The van der Waals surface area contributed by atoms with Crippen molar-refractivity contribution in [1.82, 2.24) is 10.2 Å². The normalized spacial score (nSPS) is 28.4. The van der Waals surface area contributed by atoms with Crippen molar-refractivity contribution in [3.63, 3.8) is 0 Å². The lowest BCUT2D eigenvalue weighted by Gasteiger charge is -2.27. The lowest BCUT2D eigenvalue weighted by molar-refractivity contribution is -0.127. The fourth-order valence-corrected chi connectivity index (χ4v) is 3.44. The largest absolute Gasteiger partial charge is 0.350 e. The van der Waals surface area contributed by atoms with Gasteiger partial charge in [-0.2, -0.15) is 0 Å². The highest BCUT2D eigenvalue weighted by atomic mass is 79.9. The van der Waals surface area contributed by atoms with Crippen molar-refractivity contribution in [2.75, 3.05) is 13.1 Å². The number of hydrogen-bond donors (Lipinski definition) is 2. The number of rotatable bonds is 4. The summed E-state index contributed by atoms with van der Waals surface area (Å²) in [7, 11) is 0. The third kappa shape index (κ3) is 3.21. The molecule has 1 aromatic rings. The zero-order chi connectivity index (χ0) is 15.9. The van der Waals surface area contributed by atoms with E-state index in [9.17, 15) is 4.79 Å². The summed E-state index contributed by atoms with van der Waals surface area (Å²) in [5.74, 6) is 0.384. The Balaban J connectivity index is 1.66. The first-order chi connectivity index (χ1) is 10.4. The minimum Gasteiger partial charge on any atom is -0.350 e. The standard InChI is InChI=1S/C17H24BrN3O/c1-11-9-21(14-7-8-14)10-15(11)20-16(22)17(2,19)12-3-5-13(18)6-4-12/h3-6,11,14-15H,7-10,19H2,1-2H3,(H,20,22). The first-order valence-corrected chi connectivity index (χ1v) is 8.77. The van der Waals surface area contributed by atoms with Crippen LogP contribution >= 0.6 is 15.9 Å². The Kier molecular flexibility index (Phi) is 4.32. The molecule has 2 aliphatic rings. The number of nitrogens with two attached hydrogens (primary N) is 1. The second-order valence-corrected chi connectivity index (χ2v) is 7.87. The zero-order valence-electron chi connectivity index (χ0n) is 13.2. The number of carbonyl (C=O) groups excluding carboxylic acids is 1. The van der Waals surface area contributed by atoms with E-state index in [0.29, 0.717) is 5.92 Å². The molecule has 1 saturated carbocycles. The molecule has 3 atom stereocenters. The van der Waals surface area contributed by atoms with E-state index in [-0.39, 0.29) is 11.9 Å². The molecule has 1 aromatic carbocycles. The molecule has 1 aliphatic heterocycles. The third-order valence-corrected chi connectivity index (χ3v) is 5.46. The number of benzene rings is 1. The Bertz CT molecular complexity index is 554. The molecule has 4 nitrogen and oxygen atoms in total. The summed E-state index contributed by atoms with van der Waals surface area (Å²) in [6.07, 6.45) is 2.61. The van der Waals surface area contributed by atoms with Crippen molar-refractivity contribution in [3.8, 4) is 0 Å². The van der Waals surface area contributed by atoms with Gasteiger partial charge in [-0.15, -0.1) is 0 Å². The van der Waals surface area contributed by atoms with Crippen LogP contribution in [-0.2, 0) is 10.3 Å². The number of likely N-dealkylation sites (tertiary alicyclic amines) is 1. The maximum absolute atomic E-state index is 12.7. The van der Waals surface area contributed by atoms with Crippen LogP contribution in [0.15, 0.2) is 28.7 Å². The summed E-state index contributed by atoms with van der Waals surface area (Å²) >= 11 is 3.41. The van der Waals surface area contributed by atoms with Crippen LogP contribution in [0.2, 0.25) is 0 Å². The van der Waals surface area contributed by atoms with E-state index in [2.05, 4.69) is 33.1 Å². The van der Waals surface area contributed by atoms with Crippen molar-refractivity contribution in [2.45, 2.75) is 44.3 Å². The molecule has 1 saturated heterocycles. The molecule has 2 fully saturated rings. The van der Waals surface area contributed by atoms with Gasteiger partial charge in [0.1, 0.15) is 5.54 Å². The Morgan fingerprint density at radius 3 is 2.55 bits per heavy atom. The molecule has 22 heavy (non-hydrogen) atoms. The molecule has 3 unspecified atom stereocenters. The summed E-state index contributed by atoms with van der Waals surface area (Å²) in [6, 6.07) is 8.59. The molecule has 0 bridgehead atoms. The quantitative estimate of drug-likeness (QED) is 0.859. The summed E-state index contributed by atoms with van der Waals surface area (Å²) in [4.78, 5) is 15.2. The van der Waals surface area contributed by atoms with Crippen LogP contribution in [0, 0.1) is 5.92 Å². The molecule has 5 heteroatoms. The number of amides is 1. The smallest absolute Gasteiger partial charge is 0.244 e. The van der Waals surface area contributed by atoms with E-state index < -0.39 is 5.54 Å². The van der Waals surface area contributed by atoms with Crippen molar-refractivity contribution in [1.29, 1.82) is 0 Å². The van der Waals surface area contributed by atoms with Crippen molar-refractivity contribution in [2.24, 2.45) is 11.7 Å². The van der Waals surface area contributed by atoms with Crippen LogP contribution in [0.25, 0.3) is 0 Å². The van der Waals surface area contributed by atoms with Crippen molar-refractivity contribution >= 4 is 21.8 Å². The van der Waals surface area contributed by atoms with Gasteiger partial charge in [-0.05, 0) is 43.4 Å². The van der Waals surface area contributed by atoms with E-state index in [1.165, 1.54) is 12.8 Å². The number of nitrogens with zero attached hydrogens (tertiary/aromatic N) is 1. The second-order valence-electron chi connectivity index (χ2n) is 6.95. The van der Waals surface area contributed by atoms with E-state index in [4.69, 9.17) is 5.73 Å². The SMILES string of the molecule is CC1CN(C2CC2)CC1NC(=O)C(C)(N)c1ccc(Br)cc1. The van der Waals surface area contributed by atoms with Gasteiger partial charge in [-0.25, -0.2) is 0 Å². The molecule has 3 N–H and O–H groups in total.